The van der Waals surface area contributed by atoms with Gasteiger partial charge in [0.25, 0.3) is 0 Å². The summed E-state index contributed by atoms with van der Waals surface area (Å²) in [6.45, 7) is 1.49. The number of carboxylic acid groups (broad SMARTS) is 1. The quantitative estimate of drug-likeness (QED) is 0.651. The van der Waals surface area contributed by atoms with Crippen molar-refractivity contribution in [1.82, 2.24) is 9.80 Å². The summed E-state index contributed by atoms with van der Waals surface area (Å²) in [6.07, 6.45) is 2.91. The fraction of sp³-hybridized carbons (Fsp3) is 0.750. The van der Waals surface area contributed by atoms with Crippen LogP contribution >= 0.6 is 0 Å². The van der Waals surface area contributed by atoms with E-state index in [1.807, 2.05) is 0 Å². The maximum atomic E-state index is 11.4. The molecular formula is C12H18N2O4. The third-order valence-electron chi connectivity index (χ3n) is 3.44. The molecule has 0 radical (unpaired) electrons. The van der Waals surface area contributed by atoms with Crippen molar-refractivity contribution in [3.63, 3.8) is 0 Å². The summed E-state index contributed by atoms with van der Waals surface area (Å²) in [5, 5.41) is 8.68. The highest BCUT2D eigenvalue weighted by Crippen LogP contribution is 2.26. The third-order valence-corrected chi connectivity index (χ3v) is 3.44. The van der Waals surface area contributed by atoms with Gasteiger partial charge in [0.15, 0.2) is 0 Å². The van der Waals surface area contributed by atoms with E-state index in [2.05, 4.69) is 4.90 Å². The van der Waals surface area contributed by atoms with Gasteiger partial charge in [-0.15, -0.1) is 0 Å². The van der Waals surface area contributed by atoms with E-state index in [1.165, 1.54) is 4.90 Å². The van der Waals surface area contributed by atoms with Crippen LogP contribution in [0, 0.1) is 0 Å². The zero-order valence-electron chi connectivity index (χ0n) is 10.3. The molecule has 1 aliphatic heterocycles. The van der Waals surface area contributed by atoms with Crippen molar-refractivity contribution in [2.24, 2.45) is 0 Å². The predicted octanol–water partition coefficient (Wildman–Crippen LogP) is 0.0745. The lowest BCUT2D eigenvalue weighted by Gasteiger charge is -2.23. The number of nitrogens with zero attached hydrogens (tertiary/aromatic N) is 2. The van der Waals surface area contributed by atoms with Crippen molar-refractivity contribution < 1.29 is 19.5 Å². The van der Waals surface area contributed by atoms with E-state index >= 15 is 0 Å². The van der Waals surface area contributed by atoms with Gasteiger partial charge >= 0.3 is 5.97 Å². The summed E-state index contributed by atoms with van der Waals surface area (Å²) < 4.78 is 0. The van der Waals surface area contributed by atoms with Gasteiger partial charge in [-0.3, -0.25) is 24.2 Å². The lowest BCUT2D eigenvalue weighted by molar-refractivity contribution is -0.140. The highest BCUT2D eigenvalue weighted by atomic mass is 16.4. The number of amides is 2. The Morgan fingerprint density at radius 3 is 2.33 bits per heavy atom. The number of imide groups is 1. The van der Waals surface area contributed by atoms with E-state index in [-0.39, 0.29) is 18.2 Å². The molecule has 1 N–H and O–H groups in total. The van der Waals surface area contributed by atoms with E-state index in [1.54, 1.807) is 0 Å². The minimum atomic E-state index is -0.811. The lowest BCUT2D eigenvalue weighted by atomic mass is 10.3. The standard InChI is InChI=1S/C12H18N2O4/c15-10-3-4-11(16)14(10)8-7-13(9-1-2-9)6-5-12(17)18/h9H,1-8H2,(H,17,18). The Morgan fingerprint density at radius 2 is 1.83 bits per heavy atom. The minimum absolute atomic E-state index is 0.103. The van der Waals surface area contributed by atoms with Gasteiger partial charge in [-0.1, -0.05) is 0 Å². The zero-order chi connectivity index (χ0) is 13.1. The maximum absolute atomic E-state index is 11.4. The number of likely N-dealkylation sites (tertiary alicyclic amines) is 1. The molecule has 2 rings (SSSR count). The van der Waals surface area contributed by atoms with E-state index in [0.717, 1.165) is 12.8 Å². The number of carbonyl (C=O) groups is 3. The second kappa shape index (κ2) is 5.48. The second-order valence-electron chi connectivity index (χ2n) is 4.85. The Labute approximate surface area is 106 Å². The molecule has 1 heterocycles. The van der Waals surface area contributed by atoms with Crippen LogP contribution < -0.4 is 0 Å². The van der Waals surface area contributed by atoms with Crippen molar-refractivity contribution in [1.29, 1.82) is 0 Å². The molecule has 2 fully saturated rings. The molecule has 0 aromatic rings. The SMILES string of the molecule is O=C(O)CCN(CCN1C(=O)CCC1=O)C1CC1. The van der Waals surface area contributed by atoms with Crippen molar-refractivity contribution in [2.45, 2.75) is 38.1 Å². The molecule has 0 atom stereocenters. The van der Waals surface area contributed by atoms with E-state index in [0.29, 0.717) is 38.5 Å². The van der Waals surface area contributed by atoms with Crippen LogP contribution in [0.15, 0.2) is 0 Å². The molecule has 0 unspecified atom stereocenters. The van der Waals surface area contributed by atoms with Crippen molar-refractivity contribution in [2.75, 3.05) is 19.6 Å². The molecule has 6 nitrogen and oxygen atoms in total. The molecule has 0 aromatic heterocycles. The fourth-order valence-electron chi connectivity index (χ4n) is 2.26. The Bertz CT molecular complexity index is 349. The molecule has 1 saturated heterocycles. The first-order valence-electron chi connectivity index (χ1n) is 6.37. The van der Waals surface area contributed by atoms with Gasteiger partial charge < -0.3 is 5.11 Å². The highest BCUT2D eigenvalue weighted by Gasteiger charge is 2.32. The van der Waals surface area contributed by atoms with Gasteiger partial charge in [0.05, 0.1) is 6.42 Å². The summed E-state index contributed by atoms with van der Waals surface area (Å²) in [7, 11) is 0. The summed E-state index contributed by atoms with van der Waals surface area (Å²) in [5.41, 5.74) is 0. The van der Waals surface area contributed by atoms with Crippen molar-refractivity contribution in [3.05, 3.63) is 0 Å². The van der Waals surface area contributed by atoms with Crippen molar-refractivity contribution in [3.8, 4) is 0 Å². The van der Waals surface area contributed by atoms with Crippen molar-refractivity contribution >= 4 is 17.8 Å². The Balaban J connectivity index is 1.80. The molecule has 18 heavy (non-hydrogen) atoms. The average molecular weight is 254 g/mol. The average Bonchev–Trinajstić information content (AvgIpc) is 3.09. The van der Waals surface area contributed by atoms with Crippen LogP contribution in [-0.4, -0.2) is 58.4 Å². The van der Waals surface area contributed by atoms with Gasteiger partial charge in [-0.25, -0.2) is 0 Å². The molecule has 6 heteroatoms. The van der Waals surface area contributed by atoms with Crippen LogP contribution in [-0.2, 0) is 14.4 Å². The van der Waals surface area contributed by atoms with E-state index < -0.39 is 5.97 Å². The number of carboxylic acids is 1. The molecular weight excluding hydrogens is 236 g/mol. The van der Waals surface area contributed by atoms with Crippen LogP contribution in [0.25, 0.3) is 0 Å². The zero-order valence-corrected chi connectivity index (χ0v) is 10.3. The number of hydrogen-bond acceptors (Lipinski definition) is 4. The van der Waals surface area contributed by atoms with Crippen LogP contribution in [0.4, 0.5) is 0 Å². The Hall–Kier alpha value is -1.43. The summed E-state index contributed by atoms with van der Waals surface area (Å²) >= 11 is 0. The number of rotatable bonds is 7. The fourth-order valence-corrected chi connectivity index (χ4v) is 2.26. The molecule has 100 valence electrons. The summed E-state index contributed by atoms with van der Waals surface area (Å²) in [6, 6.07) is 0.442. The lowest BCUT2D eigenvalue weighted by Crippen LogP contribution is -2.39. The maximum Gasteiger partial charge on any atom is 0.304 e. The topological polar surface area (TPSA) is 77.9 Å². The van der Waals surface area contributed by atoms with Gasteiger partial charge in [0.1, 0.15) is 0 Å². The molecule has 0 aromatic carbocycles. The predicted molar refractivity (Wildman–Crippen MR) is 62.8 cm³/mol. The van der Waals surface area contributed by atoms with Gasteiger partial charge in [0, 0.05) is 38.5 Å². The smallest absolute Gasteiger partial charge is 0.304 e. The first kappa shape index (κ1) is 13.0. The van der Waals surface area contributed by atoms with Gasteiger partial charge in [0.2, 0.25) is 11.8 Å². The first-order valence-corrected chi connectivity index (χ1v) is 6.37. The molecule has 1 saturated carbocycles. The molecule has 2 aliphatic rings. The second-order valence-corrected chi connectivity index (χ2v) is 4.85. The molecule has 2 amide bonds. The first-order chi connectivity index (χ1) is 8.58. The summed E-state index contributed by atoms with van der Waals surface area (Å²) in [4.78, 5) is 36.8. The molecule has 0 bridgehead atoms. The van der Waals surface area contributed by atoms with Crippen LogP contribution in [0.2, 0.25) is 0 Å². The van der Waals surface area contributed by atoms with Gasteiger partial charge in [-0.05, 0) is 12.8 Å². The monoisotopic (exact) mass is 254 g/mol. The molecule has 0 spiro atoms. The Kier molecular flexibility index (Phi) is 3.96. The van der Waals surface area contributed by atoms with E-state index in [4.69, 9.17) is 5.11 Å². The number of carbonyl (C=O) groups excluding carboxylic acids is 2. The molecule has 1 aliphatic carbocycles. The minimum Gasteiger partial charge on any atom is -0.481 e. The van der Waals surface area contributed by atoms with Crippen LogP contribution in [0.5, 0.6) is 0 Å². The normalized spacial score (nSPS) is 19.9. The highest BCUT2D eigenvalue weighted by molar-refractivity contribution is 6.01. The van der Waals surface area contributed by atoms with Gasteiger partial charge in [-0.2, -0.15) is 0 Å². The number of hydrogen-bond donors (Lipinski definition) is 1. The number of aliphatic carboxylic acids is 1. The Morgan fingerprint density at radius 1 is 1.22 bits per heavy atom. The summed E-state index contributed by atoms with van der Waals surface area (Å²) in [5.74, 6) is -1.02. The largest absolute Gasteiger partial charge is 0.481 e. The third kappa shape index (κ3) is 3.29. The van der Waals surface area contributed by atoms with Crippen LogP contribution in [0.1, 0.15) is 32.1 Å². The van der Waals surface area contributed by atoms with Crippen LogP contribution in [0.3, 0.4) is 0 Å². The van der Waals surface area contributed by atoms with E-state index in [9.17, 15) is 14.4 Å².